The normalized spacial score (nSPS) is 14.1. The summed E-state index contributed by atoms with van der Waals surface area (Å²) >= 11 is 0. The molecule has 9 nitrogen and oxygen atoms in total. The number of hydrogen-bond donors (Lipinski definition) is 4. The Bertz CT molecular complexity index is 1350. The van der Waals surface area contributed by atoms with E-state index in [2.05, 4.69) is 16.0 Å². The highest BCUT2D eigenvalue weighted by molar-refractivity contribution is 5.89. The van der Waals surface area contributed by atoms with Crippen LogP contribution in [0.4, 0.5) is 4.79 Å². The molecule has 0 radical (unpaired) electrons. The highest BCUT2D eigenvalue weighted by Crippen LogP contribution is 2.22. The Morgan fingerprint density at radius 1 is 0.783 bits per heavy atom. The lowest BCUT2D eigenvalue weighted by molar-refractivity contribution is -0.132. The average molecular weight is 631 g/mol. The smallest absolute Gasteiger partial charge is 0.407 e. The molecule has 4 N–H and O–H groups in total. The lowest BCUT2D eigenvalue weighted by atomic mass is 9.88. The summed E-state index contributed by atoms with van der Waals surface area (Å²) in [5, 5.41) is 20.4. The molecule has 46 heavy (non-hydrogen) atoms. The fraction of sp³-hybridized carbons (Fsp3) is 0.432. The van der Waals surface area contributed by atoms with Crippen LogP contribution in [0, 0.1) is 5.92 Å². The molecule has 0 fully saturated rings. The van der Waals surface area contributed by atoms with Crippen molar-refractivity contribution < 1.29 is 24.2 Å². The van der Waals surface area contributed by atoms with Gasteiger partial charge in [-0.25, -0.2) is 4.79 Å². The van der Waals surface area contributed by atoms with E-state index >= 15 is 0 Å². The molecule has 0 aliphatic rings. The number of rotatable bonds is 16. The maximum atomic E-state index is 14.1. The third-order valence-electron chi connectivity index (χ3n) is 7.45. The third kappa shape index (κ3) is 13.0. The fourth-order valence-corrected chi connectivity index (χ4v) is 5.16. The van der Waals surface area contributed by atoms with Crippen molar-refractivity contribution in [2.75, 3.05) is 27.2 Å². The number of carbonyl (C=O) groups excluding carboxylic acids is 3. The van der Waals surface area contributed by atoms with E-state index in [-0.39, 0.29) is 18.2 Å². The number of hydrogen-bond acceptors (Lipinski definition) is 6. The van der Waals surface area contributed by atoms with Crippen LogP contribution in [0.1, 0.15) is 56.3 Å². The van der Waals surface area contributed by atoms with E-state index in [1.54, 1.807) is 20.8 Å². The average Bonchev–Trinajstić information content (AvgIpc) is 3.01. The summed E-state index contributed by atoms with van der Waals surface area (Å²) < 4.78 is 5.50. The number of aliphatic hydroxyl groups excluding tert-OH is 1. The Balaban J connectivity index is 1.85. The van der Waals surface area contributed by atoms with Crippen LogP contribution in [0.5, 0.6) is 0 Å². The van der Waals surface area contributed by atoms with E-state index in [0.717, 1.165) is 24.1 Å². The molecule has 0 spiro atoms. The van der Waals surface area contributed by atoms with Crippen LogP contribution < -0.4 is 16.0 Å². The van der Waals surface area contributed by atoms with Gasteiger partial charge in [0.1, 0.15) is 11.6 Å². The largest absolute Gasteiger partial charge is 0.444 e. The van der Waals surface area contributed by atoms with Crippen molar-refractivity contribution >= 4 is 17.9 Å². The number of benzene rings is 3. The molecule has 4 atom stereocenters. The summed E-state index contributed by atoms with van der Waals surface area (Å²) in [6.07, 6.45) is -0.262. The number of amides is 3. The SMILES string of the molecule is CN(C)CCCNC(=O)[C@@H](NC(=O)[C@H](Cc1ccccc1)C[C@H](O)[C@H](Cc1ccccc1)NC(=O)OC(C)(C)C)c1ccccc1. The minimum atomic E-state index is -1.10. The van der Waals surface area contributed by atoms with Crippen LogP contribution in [0.2, 0.25) is 0 Å². The van der Waals surface area contributed by atoms with Gasteiger partial charge in [-0.2, -0.15) is 0 Å². The molecule has 0 aromatic heterocycles. The van der Waals surface area contributed by atoms with E-state index in [4.69, 9.17) is 4.74 Å². The lowest BCUT2D eigenvalue weighted by Crippen LogP contribution is -2.49. The number of aliphatic hydroxyl groups is 1. The molecule has 248 valence electrons. The first-order valence-corrected chi connectivity index (χ1v) is 15.9. The maximum Gasteiger partial charge on any atom is 0.407 e. The molecule has 3 aromatic carbocycles. The Hall–Kier alpha value is -4.21. The predicted octanol–water partition coefficient (Wildman–Crippen LogP) is 4.66. The minimum Gasteiger partial charge on any atom is -0.444 e. The van der Waals surface area contributed by atoms with Crippen molar-refractivity contribution in [2.24, 2.45) is 5.92 Å². The van der Waals surface area contributed by atoms with Crippen LogP contribution in [-0.4, -0.2) is 72.8 Å². The molecule has 0 saturated heterocycles. The summed E-state index contributed by atoms with van der Waals surface area (Å²) in [7, 11) is 3.95. The monoisotopic (exact) mass is 630 g/mol. The Morgan fingerprint density at radius 3 is 1.87 bits per heavy atom. The Kier molecular flexibility index (Phi) is 14.2. The summed E-state index contributed by atoms with van der Waals surface area (Å²) in [5.74, 6) is -1.37. The Morgan fingerprint density at radius 2 is 1.33 bits per heavy atom. The number of alkyl carbamates (subject to hydrolysis) is 1. The molecule has 0 saturated carbocycles. The zero-order chi connectivity index (χ0) is 33.5. The van der Waals surface area contributed by atoms with E-state index in [0.29, 0.717) is 24.9 Å². The van der Waals surface area contributed by atoms with Gasteiger partial charge in [-0.3, -0.25) is 9.59 Å². The van der Waals surface area contributed by atoms with Crippen molar-refractivity contribution in [3.63, 3.8) is 0 Å². The maximum absolute atomic E-state index is 14.1. The molecular weight excluding hydrogens is 580 g/mol. The van der Waals surface area contributed by atoms with Gasteiger partial charge in [-0.05, 0) is 83.8 Å². The zero-order valence-corrected chi connectivity index (χ0v) is 27.7. The molecule has 0 unspecified atom stereocenters. The second kappa shape index (κ2) is 18.1. The first kappa shape index (κ1) is 36.3. The first-order chi connectivity index (χ1) is 21.9. The second-order valence-electron chi connectivity index (χ2n) is 12.9. The summed E-state index contributed by atoms with van der Waals surface area (Å²) in [5.41, 5.74) is 1.77. The fourth-order valence-electron chi connectivity index (χ4n) is 5.16. The third-order valence-corrected chi connectivity index (χ3v) is 7.45. The number of nitrogens with one attached hydrogen (secondary N) is 3. The quantitative estimate of drug-likeness (QED) is 0.171. The summed E-state index contributed by atoms with van der Waals surface area (Å²) in [6, 6.07) is 26.6. The molecule has 0 heterocycles. The van der Waals surface area contributed by atoms with Crippen LogP contribution in [-0.2, 0) is 27.2 Å². The Labute approximate surface area is 273 Å². The highest BCUT2D eigenvalue weighted by Gasteiger charge is 2.32. The number of carbonyl (C=O) groups is 3. The lowest BCUT2D eigenvalue weighted by Gasteiger charge is -2.29. The van der Waals surface area contributed by atoms with Crippen LogP contribution in [0.3, 0.4) is 0 Å². The van der Waals surface area contributed by atoms with E-state index < -0.39 is 35.8 Å². The van der Waals surface area contributed by atoms with Crippen molar-refractivity contribution in [3.05, 3.63) is 108 Å². The van der Waals surface area contributed by atoms with Crippen molar-refractivity contribution in [1.82, 2.24) is 20.9 Å². The van der Waals surface area contributed by atoms with Gasteiger partial charge >= 0.3 is 6.09 Å². The van der Waals surface area contributed by atoms with Gasteiger partial charge in [-0.15, -0.1) is 0 Å². The van der Waals surface area contributed by atoms with Gasteiger partial charge in [0.25, 0.3) is 0 Å². The van der Waals surface area contributed by atoms with Gasteiger partial charge in [0.2, 0.25) is 11.8 Å². The van der Waals surface area contributed by atoms with Gasteiger partial charge in [0, 0.05) is 12.5 Å². The standard InChI is InChI=1S/C37H50N4O5/c1-37(2,3)46-36(45)39-31(25-28-18-11-7-12-19-28)32(42)26-30(24-27-16-9-6-10-17-27)34(43)40-33(29-20-13-8-14-21-29)35(44)38-22-15-23-41(4)5/h6-14,16-21,30-33,42H,15,22-26H2,1-5H3,(H,38,44)(H,39,45)(H,40,43)/t30-,31+,32+,33+/m1/s1. The second-order valence-corrected chi connectivity index (χ2v) is 12.9. The van der Waals surface area contributed by atoms with E-state index in [1.165, 1.54) is 0 Å². The number of ether oxygens (including phenoxy) is 1. The summed E-state index contributed by atoms with van der Waals surface area (Å²) in [6.45, 7) is 6.62. The molecule has 0 aliphatic carbocycles. The number of nitrogens with zero attached hydrogens (tertiary/aromatic N) is 1. The topological polar surface area (TPSA) is 120 Å². The van der Waals surface area contributed by atoms with E-state index in [9.17, 15) is 19.5 Å². The van der Waals surface area contributed by atoms with Gasteiger partial charge < -0.3 is 30.7 Å². The van der Waals surface area contributed by atoms with Crippen LogP contribution >= 0.6 is 0 Å². The molecule has 0 bridgehead atoms. The summed E-state index contributed by atoms with van der Waals surface area (Å²) in [4.78, 5) is 42.4. The van der Waals surface area contributed by atoms with Gasteiger partial charge in [0.15, 0.2) is 0 Å². The van der Waals surface area contributed by atoms with Crippen LogP contribution in [0.25, 0.3) is 0 Å². The molecule has 9 heteroatoms. The molecule has 3 rings (SSSR count). The van der Waals surface area contributed by atoms with Crippen molar-refractivity contribution in [3.8, 4) is 0 Å². The zero-order valence-electron chi connectivity index (χ0n) is 27.7. The molecule has 3 aromatic rings. The van der Waals surface area contributed by atoms with E-state index in [1.807, 2.05) is 110 Å². The molecular formula is C37H50N4O5. The first-order valence-electron chi connectivity index (χ1n) is 15.9. The molecule has 0 aliphatic heterocycles. The molecule has 3 amide bonds. The van der Waals surface area contributed by atoms with Gasteiger partial charge in [0.05, 0.1) is 12.1 Å². The van der Waals surface area contributed by atoms with Crippen molar-refractivity contribution in [2.45, 2.75) is 70.2 Å². The van der Waals surface area contributed by atoms with Crippen LogP contribution in [0.15, 0.2) is 91.0 Å². The highest BCUT2D eigenvalue weighted by atomic mass is 16.6. The minimum absolute atomic E-state index is 0.0417. The van der Waals surface area contributed by atoms with Gasteiger partial charge in [-0.1, -0.05) is 91.0 Å². The van der Waals surface area contributed by atoms with Crippen molar-refractivity contribution in [1.29, 1.82) is 0 Å². The predicted molar refractivity (Wildman–Crippen MR) is 181 cm³/mol.